The van der Waals surface area contributed by atoms with E-state index in [4.69, 9.17) is 28.2 Å². The highest BCUT2D eigenvalue weighted by molar-refractivity contribution is 7.13. The van der Waals surface area contributed by atoms with Gasteiger partial charge in [-0.25, -0.2) is 4.98 Å². The van der Waals surface area contributed by atoms with Crippen molar-refractivity contribution in [3.63, 3.8) is 0 Å². The fourth-order valence-electron chi connectivity index (χ4n) is 2.41. The van der Waals surface area contributed by atoms with Gasteiger partial charge in [0.2, 0.25) is 0 Å². The number of halogens is 2. The van der Waals surface area contributed by atoms with Crippen LogP contribution in [0.2, 0.25) is 10.0 Å². The zero-order valence-electron chi connectivity index (χ0n) is 12.7. The predicted octanol–water partition coefficient (Wildman–Crippen LogP) is 4.94. The van der Waals surface area contributed by atoms with E-state index in [9.17, 15) is 0 Å². The highest BCUT2D eigenvalue weighted by atomic mass is 35.5. The molecule has 0 unspecified atom stereocenters. The van der Waals surface area contributed by atoms with Crippen LogP contribution in [-0.2, 0) is 6.54 Å². The number of hydrogen-bond acceptors (Lipinski definition) is 2. The summed E-state index contributed by atoms with van der Waals surface area (Å²) in [5, 5.41) is 6.79. The van der Waals surface area contributed by atoms with E-state index in [1.54, 1.807) is 17.4 Å². The topological polar surface area (TPSA) is 29.5 Å². The number of benzene rings is 2. The summed E-state index contributed by atoms with van der Waals surface area (Å²) >= 11 is 13.9. The SMILES string of the molecule is C[C@H]([NH2+]Cc1csc(-c2ccccc2)n1)c1ccc(Cl)cc1Cl. The van der Waals surface area contributed by atoms with Crippen molar-refractivity contribution in [2.45, 2.75) is 19.5 Å². The molecule has 0 saturated carbocycles. The van der Waals surface area contributed by atoms with Gasteiger partial charge in [0.05, 0.1) is 5.02 Å². The van der Waals surface area contributed by atoms with Crippen LogP contribution in [0, 0.1) is 0 Å². The molecule has 1 atom stereocenters. The summed E-state index contributed by atoms with van der Waals surface area (Å²) in [5.74, 6) is 0. The lowest BCUT2D eigenvalue weighted by atomic mass is 10.1. The molecule has 23 heavy (non-hydrogen) atoms. The lowest BCUT2D eigenvalue weighted by Gasteiger charge is -2.12. The second kappa shape index (κ2) is 7.45. The van der Waals surface area contributed by atoms with E-state index >= 15 is 0 Å². The van der Waals surface area contributed by atoms with Gasteiger partial charge in [-0.05, 0) is 19.1 Å². The Hall–Kier alpha value is -1.39. The average Bonchev–Trinajstić information content (AvgIpc) is 3.02. The van der Waals surface area contributed by atoms with Crippen molar-refractivity contribution in [3.8, 4) is 10.6 Å². The summed E-state index contributed by atoms with van der Waals surface area (Å²) < 4.78 is 0. The molecule has 2 nitrogen and oxygen atoms in total. The fraction of sp³-hybridized carbons (Fsp3) is 0.167. The van der Waals surface area contributed by atoms with Gasteiger partial charge in [0, 0.05) is 21.5 Å². The third kappa shape index (κ3) is 4.12. The summed E-state index contributed by atoms with van der Waals surface area (Å²) in [6.45, 7) is 2.96. The van der Waals surface area contributed by atoms with Crippen molar-refractivity contribution in [2.75, 3.05) is 0 Å². The Morgan fingerprint density at radius 1 is 1.13 bits per heavy atom. The molecule has 0 bridgehead atoms. The maximum atomic E-state index is 6.27. The molecule has 1 heterocycles. The number of nitrogens with two attached hydrogens (primary N) is 1. The maximum absolute atomic E-state index is 6.27. The lowest BCUT2D eigenvalue weighted by molar-refractivity contribution is -0.708. The Balaban J connectivity index is 1.65. The Bertz CT molecular complexity index is 787. The fourth-order valence-corrected chi connectivity index (χ4v) is 3.83. The Morgan fingerprint density at radius 2 is 1.91 bits per heavy atom. The largest absolute Gasteiger partial charge is 0.335 e. The quantitative estimate of drug-likeness (QED) is 0.683. The van der Waals surface area contributed by atoms with Crippen LogP contribution in [0.5, 0.6) is 0 Å². The number of nitrogens with zero attached hydrogens (tertiary/aromatic N) is 1. The average molecular weight is 364 g/mol. The molecule has 3 rings (SSSR count). The first-order valence-corrected chi connectivity index (χ1v) is 9.05. The summed E-state index contributed by atoms with van der Waals surface area (Å²) in [5.41, 5.74) is 3.35. The minimum atomic E-state index is 0.252. The van der Waals surface area contributed by atoms with Gasteiger partial charge in [0.25, 0.3) is 0 Å². The number of quaternary nitrogens is 1. The van der Waals surface area contributed by atoms with Crippen molar-refractivity contribution < 1.29 is 5.32 Å². The minimum Gasteiger partial charge on any atom is -0.335 e. The molecule has 2 N–H and O–H groups in total. The smallest absolute Gasteiger partial charge is 0.123 e. The van der Waals surface area contributed by atoms with Crippen LogP contribution in [0.25, 0.3) is 10.6 Å². The van der Waals surface area contributed by atoms with Gasteiger partial charge in [0.15, 0.2) is 0 Å². The molecule has 118 valence electrons. The molecular formula is C18H17Cl2N2S+. The molecule has 0 aliphatic heterocycles. The third-order valence-corrected chi connectivity index (χ3v) is 5.21. The summed E-state index contributed by atoms with van der Waals surface area (Å²) in [6, 6.07) is 16.2. The molecule has 0 saturated heterocycles. The molecule has 0 amide bonds. The molecule has 0 fully saturated rings. The monoisotopic (exact) mass is 363 g/mol. The zero-order valence-corrected chi connectivity index (χ0v) is 15.0. The predicted molar refractivity (Wildman–Crippen MR) is 98.1 cm³/mol. The standard InChI is InChI=1S/C18H16Cl2N2S/c1-12(16-8-7-14(19)9-17(16)20)21-10-15-11-23-18(22-15)13-5-3-2-4-6-13/h2-9,11-12,21H,10H2,1H3/p+1/t12-/m0/s1. The Labute approximate surface area is 150 Å². The second-order valence-corrected chi connectivity index (χ2v) is 7.11. The third-order valence-electron chi connectivity index (χ3n) is 3.71. The molecule has 2 aromatic carbocycles. The van der Waals surface area contributed by atoms with Crippen LogP contribution in [0.1, 0.15) is 24.2 Å². The van der Waals surface area contributed by atoms with Gasteiger partial charge in [-0.2, -0.15) is 0 Å². The van der Waals surface area contributed by atoms with Gasteiger partial charge in [-0.1, -0.05) is 59.6 Å². The highest BCUT2D eigenvalue weighted by Gasteiger charge is 2.14. The van der Waals surface area contributed by atoms with Gasteiger partial charge in [-0.3, -0.25) is 0 Å². The van der Waals surface area contributed by atoms with Crippen molar-refractivity contribution >= 4 is 34.5 Å². The first-order chi connectivity index (χ1) is 11.1. The maximum Gasteiger partial charge on any atom is 0.123 e. The van der Waals surface area contributed by atoms with Crippen LogP contribution >= 0.6 is 34.5 Å². The summed E-state index contributed by atoms with van der Waals surface area (Å²) in [4.78, 5) is 4.72. The van der Waals surface area contributed by atoms with E-state index in [0.29, 0.717) is 10.0 Å². The van der Waals surface area contributed by atoms with E-state index in [0.717, 1.165) is 28.4 Å². The van der Waals surface area contributed by atoms with E-state index < -0.39 is 0 Å². The Kier molecular flexibility index (Phi) is 5.34. The van der Waals surface area contributed by atoms with Crippen molar-refractivity contribution in [2.24, 2.45) is 0 Å². The van der Waals surface area contributed by atoms with Crippen molar-refractivity contribution in [1.29, 1.82) is 0 Å². The zero-order chi connectivity index (χ0) is 16.2. The van der Waals surface area contributed by atoms with Crippen LogP contribution in [0.4, 0.5) is 0 Å². The number of hydrogen-bond donors (Lipinski definition) is 1. The molecule has 0 aliphatic rings. The first-order valence-electron chi connectivity index (χ1n) is 7.41. The van der Waals surface area contributed by atoms with Gasteiger partial charge >= 0.3 is 0 Å². The van der Waals surface area contributed by atoms with Crippen LogP contribution < -0.4 is 5.32 Å². The van der Waals surface area contributed by atoms with Crippen LogP contribution in [-0.4, -0.2) is 4.98 Å². The molecule has 1 aromatic heterocycles. The van der Waals surface area contributed by atoms with Crippen molar-refractivity contribution in [1.82, 2.24) is 4.98 Å². The van der Waals surface area contributed by atoms with E-state index in [1.807, 2.05) is 30.3 Å². The van der Waals surface area contributed by atoms with Gasteiger partial charge in [0.1, 0.15) is 23.3 Å². The molecule has 3 aromatic rings. The number of rotatable bonds is 5. The molecule has 5 heteroatoms. The van der Waals surface area contributed by atoms with Crippen LogP contribution in [0.15, 0.2) is 53.9 Å². The summed E-state index contributed by atoms with van der Waals surface area (Å²) in [7, 11) is 0. The normalized spacial score (nSPS) is 12.3. The second-order valence-electron chi connectivity index (χ2n) is 5.40. The summed E-state index contributed by atoms with van der Waals surface area (Å²) in [6.07, 6.45) is 0. The van der Waals surface area contributed by atoms with E-state index in [-0.39, 0.29) is 6.04 Å². The Morgan fingerprint density at radius 3 is 2.65 bits per heavy atom. The molecule has 0 aliphatic carbocycles. The van der Waals surface area contributed by atoms with Crippen molar-refractivity contribution in [3.05, 3.63) is 75.2 Å². The number of thiazole rings is 1. The van der Waals surface area contributed by atoms with Gasteiger partial charge in [-0.15, -0.1) is 11.3 Å². The lowest BCUT2D eigenvalue weighted by Crippen LogP contribution is -2.83. The molecular weight excluding hydrogens is 347 g/mol. The number of aromatic nitrogens is 1. The van der Waals surface area contributed by atoms with E-state index in [2.05, 4.69) is 29.8 Å². The molecule has 0 spiro atoms. The van der Waals surface area contributed by atoms with E-state index in [1.165, 1.54) is 0 Å². The molecule has 0 radical (unpaired) electrons. The minimum absolute atomic E-state index is 0.252. The first kappa shape index (κ1) is 16.5. The highest BCUT2D eigenvalue weighted by Crippen LogP contribution is 2.25. The van der Waals surface area contributed by atoms with Gasteiger partial charge < -0.3 is 5.32 Å². The van der Waals surface area contributed by atoms with Crippen LogP contribution in [0.3, 0.4) is 0 Å².